The van der Waals surface area contributed by atoms with E-state index in [0.29, 0.717) is 12.4 Å². The molecule has 0 spiro atoms. The number of allylic oxidation sites excluding steroid dienone is 1. The Labute approximate surface area is 213 Å². The van der Waals surface area contributed by atoms with E-state index in [1.807, 2.05) is 52.0 Å². The van der Waals surface area contributed by atoms with Crippen LogP contribution >= 0.6 is 0 Å². The van der Waals surface area contributed by atoms with E-state index in [0.717, 1.165) is 51.5 Å². The first-order chi connectivity index (χ1) is 16.7. The zero-order valence-corrected chi connectivity index (χ0v) is 22.8. The van der Waals surface area contributed by atoms with Crippen LogP contribution < -0.4 is 13.1 Å². The molecular formula is C27H30O7S2. The maximum atomic E-state index is 11.9. The highest BCUT2D eigenvalue weighted by atomic mass is 32.2. The second kappa shape index (κ2) is 10.8. The molecule has 0 heterocycles. The first-order valence-corrected chi connectivity index (χ1v) is 14.8. The maximum Gasteiger partial charge on any atom is 0.306 e. The largest absolute Gasteiger partial charge is 0.486 e. The molecular weight excluding hydrogens is 500 g/mol. The fourth-order valence-corrected chi connectivity index (χ4v) is 4.69. The molecule has 7 nitrogen and oxygen atoms in total. The van der Waals surface area contributed by atoms with Gasteiger partial charge in [0.05, 0.1) is 12.5 Å². The normalized spacial score (nSPS) is 11.6. The molecule has 0 aliphatic carbocycles. The SMILES string of the molecule is CC(C)=CCOc1ccc(-c2c(C)cc(-c3ccc(OS(C)(=O)=O)cc3)cc2C)cc1OS(C)(=O)=O. The summed E-state index contributed by atoms with van der Waals surface area (Å²) in [6.07, 6.45) is 3.89. The smallest absolute Gasteiger partial charge is 0.306 e. The third-order valence-electron chi connectivity index (χ3n) is 5.17. The van der Waals surface area contributed by atoms with Crippen LogP contribution in [0.15, 0.2) is 66.2 Å². The quantitative estimate of drug-likeness (QED) is 0.260. The Morgan fingerprint density at radius 1 is 0.722 bits per heavy atom. The highest BCUT2D eigenvalue weighted by molar-refractivity contribution is 7.86. The van der Waals surface area contributed by atoms with Crippen LogP contribution in [0.4, 0.5) is 0 Å². The molecule has 0 aliphatic rings. The Hall–Kier alpha value is -3.30. The molecule has 3 aromatic carbocycles. The van der Waals surface area contributed by atoms with Crippen LogP contribution in [-0.4, -0.2) is 36.0 Å². The van der Waals surface area contributed by atoms with Crippen molar-refractivity contribution in [1.29, 1.82) is 0 Å². The van der Waals surface area contributed by atoms with Gasteiger partial charge >= 0.3 is 20.2 Å². The summed E-state index contributed by atoms with van der Waals surface area (Å²) in [6.45, 7) is 8.15. The maximum absolute atomic E-state index is 11.9. The van der Waals surface area contributed by atoms with Gasteiger partial charge in [0.25, 0.3) is 0 Å². The molecule has 0 saturated heterocycles. The lowest BCUT2D eigenvalue weighted by Crippen LogP contribution is -2.08. The highest BCUT2D eigenvalue weighted by Crippen LogP contribution is 2.38. The molecule has 0 amide bonds. The van der Waals surface area contributed by atoms with Gasteiger partial charge in [0, 0.05) is 0 Å². The summed E-state index contributed by atoms with van der Waals surface area (Å²) < 4.78 is 62.4. The first kappa shape index (κ1) is 27.3. The van der Waals surface area contributed by atoms with Gasteiger partial charge in [-0.1, -0.05) is 35.9 Å². The fourth-order valence-electron chi connectivity index (χ4n) is 3.77. The van der Waals surface area contributed by atoms with E-state index in [-0.39, 0.29) is 11.5 Å². The topological polar surface area (TPSA) is 96.0 Å². The van der Waals surface area contributed by atoms with Gasteiger partial charge in [-0.05, 0) is 91.4 Å². The molecule has 0 saturated carbocycles. The van der Waals surface area contributed by atoms with Gasteiger partial charge in [-0.15, -0.1) is 0 Å². The van der Waals surface area contributed by atoms with Gasteiger partial charge in [-0.3, -0.25) is 0 Å². The highest BCUT2D eigenvalue weighted by Gasteiger charge is 2.16. The summed E-state index contributed by atoms with van der Waals surface area (Å²) in [5.41, 5.74) is 6.63. The van der Waals surface area contributed by atoms with Crippen molar-refractivity contribution < 1.29 is 29.9 Å². The van der Waals surface area contributed by atoms with E-state index in [1.54, 1.807) is 36.4 Å². The summed E-state index contributed by atoms with van der Waals surface area (Å²) in [6, 6.07) is 16.1. The monoisotopic (exact) mass is 530 g/mol. The molecule has 9 heteroatoms. The number of benzene rings is 3. The second-order valence-electron chi connectivity index (χ2n) is 8.84. The molecule has 192 valence electrons. The van der Waals surface area contributed by atoms with Crippen molar-refractivity contribution >= 4 is 20.2 Å². The molecule has 0 N–H and O–H groups in total. The number of hydrogen-bond acceptors (Lipinski definition) is 7. The lowest BCUT2D eigenvalue weighted by atomic mass is 9.91. The minimum absolute atomic E-state index is 0.126. The molecule has 0 aromatic heterocycles. The molecule has 0 fully saturated rings. The van der Waals surface area contributed by atoms with Crippen LogP contribution in [-0.2, 0) is 20.2 Å². The number of hydrogen-bond donors (Lipinski definition) is 0. The number of ether oxygens (including phenoxy) is 1. The number of rotatable bonds is 9. The molecule has 0 unspecified atom stereocenters. The van der Waals surface area contributed by atoms with Crippen LogP contribution in [0.2, 0.25) is 0 Å². The fraction of sp³-hybridized carbons (Fsp3) is 0.259. The minimum atomic E-state index is -3.76. The van der Waals surface area contributed by atoms with Crippen LogP contribution in [0.25, 0.3) is 22.3 Å². The van der Waals surface area contributed by atoms with E-state index >= 15 is 0 Å². The van der Waals surface area contributed by atoms with Crippen molar-refractivity contribution in [2.24, 2.45) is 0 Å². The molecule has 0 atom stereocenters. The van der Waals surface area contributed by atoms with E-state index in [9.17, 15) is 16.8 Å². The van der Waals surface area contributed by atoms with E-state index in [2.05, 4.69) is 0 Å². The average Bonchev–Trinajstić information content (AvgIpc) is 2.72. The van der Waals surface area contributed by atoms with Crippen molar-refractivity contribution in [3.05, 3.63) is 77.4 Å². The Bertz CT molecular complexity index is 1480. The summed E-state index contributed by atoms with van der Waals surface area (Å²) in [5, 5.41) is 0. The molecule has 3 aromatic rings. The molecule has 0 radical (unpaired) electrons. The third kappa shape index (κ3) is 7.60. The first-order valence-electron chi connectivity index (χ1n) is 11.1. The molecule has 0 bridgehead atoms. The van der Waals surface area contributed by atoms with Crippen molar-refractivity contribution in [1.82, 2.24) is 0 Å². The Kier molecular flexibility index (Phi) is 8.15. The summed E-state index contributed by atoms with van der Waals surface area (Å²) >= 11 is 0. The van der Waals surface area contributed by atoms with Gasteiger partial charge < -0.3 is 13.1 Å². The third-order valence-corrected chi connectivity index (χ3v) is 6.15. The Balaban J connectivity index is 1.98. The van der Waals surface area contributed by atoms with Crippen LogP contribution in [0.5, 0.6) is 17.2 Å². The van der Waals surface area contributed by atoms with Crippen LogP contribution in [0, 0.1) is 13.8 Å². The van der Waals surface area contributed by atoms with Gasteiger partial charge in [0.1, 0.15) is 12.4 Å². The lowest BCUT2D eigenvalue weighted by Gasteiger charge is -2.16. The van der Waals surface area contributed by atoms with Gasteiger partial charge in [0.2, 0.25) is 0 Å². The molecule has 0 aliphatic heterocycles. The number of aryl methyl sites for hydroxylation is 2. The minimum Gasteiger partial charge on any atom is -0.486 e. The van der Waals surface area contributed by atoms with E-state index in [1.165, 1.54) is 0 Å². The predicted molar refractivity (Wildman–Crippen MR) is 143 cm³/mol. The summed E-state index contributed by atoms with van der Waals surface area (Å²) in [7, 11) is -7.35. The zero-order chi connectivity index (χ0) is 26.7. The second-order valence-corrected chi connectivity index (χ2v) is 12.0. The van der Waals surface area contributed by atoms with Gasteiger partial charge in [-0.2, -0.15) is 16.8 Å². The average molecular weight is 531 g/mol. The van der Waals surface area contributed by atoms with E-state index in [4.69, 9.17) is 13.1 Å². The van der Waals surface area contributed by atoms with E-state index < -0.39 is 20.2 Å². The summed E-state index contributed by atoms with van der Waals surface area (Å²) in [4.78, 5) is 0. The Morgan fingerprint density at radius 2 is 1.28 bits per heavy atom. The Morgan fingerprint density at radius 3 is 1.81 bits per heavy atom. The standard InChI is InChI=1S/C27H30O7S2/c1-18(2)13-14-32-25-12-9-22(17-26(25)34-36(6,30)31)27-19(3)15-23(16-20(27)4)21-7-10-24(11-8-21)33-35(5,28)29/h7-13,15-17H,14H2,1-6H3. The molecule has 3 rings (SSSR count). The van der Waals surface area contributed by atoms with Gasteiger partial charge in [-0.25, -0.2) is 0 Å². The van der Waals surface area contributed by atoms with Crippen molar-refractivity contribution in [3.8, 4) is 39.5 Å². The lowest BCUT2D eigenvalue weighted by molar-refractivity contribution is 0.347. The van der Waals surface area contributed by atoms with Crippen LogP contribution in [0.3, 0.4) is 0 Å². The predicted octanol–water partition coefficient (Wildman–Crippen LogP) is 5.66. The molecule has 36 heavy (non-hydrogen) atoms. The van der Waals surface area contributed by atoms with Gasteiger partial charge in [0.15, 0.2) is 11.5 Å². The summed E-state index contributed by atoms with van der Waals surface area (Å²) in [5.74, 6) is 0.711. The van der Waals surface area contributed by atoms with Crippen molar-refractivity contribution in [2.45, 2.75) is 27.7 Å². The van der Waals surface area contributed by atoms with Crippen molar-refractivity contribution in [2.75, 3.05) is 19.1 Å². The van der Waals surface area contributed by atoms with Crippen molar-refractivity contribution in [3.63, 3.8) is 0 Å². The van der Waals surface area contributed by atoms with Crippen LogP contribution in [0.1, 0.15) is 25.0 Å². The zero-order valence-electron chi connectivity index (χ0n) is 21.2.